The fourth-order valence-electron chi connectivity index (χ4n) is 2.24. The molecule has 0 aliphatic heterocycles. The zero-order valence-electron chi connectivity index (χ0n) is 12.8. The number of hydrogen-bond donors (Lipinski definition) is 1. The first-order chi connectivity index (χ1) is 11.5. The van der Waals surface area contributed by atoms with E-state index in [0.29, 0.717) is 0 Å². The second kappa shape index (κ2) is 6.50. The first kappa shape index (κ1) is 16.3. The number of nitrogens with one attached hydrogen (secondary N) is 1. The first-order valence-electron chi connectivity index (χ1n) is 7.19. The molecule has 0 fully saturated rings. The number of hydrogen-bond acceptors (Lipinski definition) is 4. The summed E-state index contributed by atoms with van der Waals surface area (Å²) in [6, 6.07) is 9.04. The fourth-order valence-corrected chi connectivity index (χ4v) is 3.40. The summed E-state index contributed by atoms with van der Waals surface area (Å²) in [5.74, 6) is -0.484. The van der Waals surface area contributed by atoms with E-state index in [0.717, 1.165) is 5.56 Å². The van der Waals surface area contributed by atoms with E-state index in [1.807, 2.05) is 0 Å². The molecule has 0 bridgehead atoms. The topological polar surface area (TPSA) is 76.9 Å². The Labute approximate surface area is 139 Å². The van der Waals surface area contributed by atoms with Crippen LogP contribution in [0, 0.1) is 5.82 Å². The van der Waals surface area contributed by atoms with Crippen molar-refractivity contribution in [2.75, 3.05) is 0 Å². The molecule has 3 aromatic rings. The van der Waals surface area contributed by atoms with Gasteiger partial charge in [0.25, 0.3) is 0 Å². The Hall–Kier alpha value is -2.58. The lowest BCUT2D eigenvalue weighted by Gasteiger charge is -2.13. The molecule has 2 heterocycles. The third-order valence-corrected chi connectivity index (χ3v) is 5.00. The van der Waals surface area contributed by atoms with Crippen LogP contribution in [-0.4, -0.2) is 23.2 Å². The summed E-state index contributed by atoms with van der Waals surface area (Å²) >= 11 is 0. The van der Waals surface area contributed by atoms with E-state index in [9.17, 15) is 12.8 Å². The molecule has 1 aromatic carbocycles. The van der Waals surface area contributed by atoms with Crippen LogP contribution in [0.15, 0.2) is 66.1 Å². The lowest BCUT2D eigenvalue weighted by Crippen LogP contribution is -2.26. The van der Waals surface area contributed by atoms with Gasteiger partial charge >= 0.3 is 0 Å². The fraction of sp³-hybridized carbons (Fsp3) is 0.125. The molecule has 6 nitrogen and oxygen atoms in total. The first-order valence-corrected chi connectivity index (χ1v) is 8.67. The largest absolute Gasteiger partial charge is 0.265 e. The minimum atomic E-state index is -3.78. The Morgan fingerprint density at radius 3 is 2.58 bits per heavy atom. The SMILES string of the molecule is C[C@@H](NS(=O)(=O)c1cnn(-c2ccccc2F)c1)c1ccncc1. The van der Waals surface area contributed by atoms with Crippen molar-refractivity contribution in [1.29, 1.82) is 0 Å². The third-order valence-electron chi connectivity index (χ3n) is 3.51. The molecule has 8 heteroatoms. The van der Waals surface area contributed by atoms with Gasteiger partial charge in [-0.2, -0.15) is 5.10 Å². The van der Waals surface area contributed by atoms with Gasteiger partial charge in [0.15, 0.2) is 0 Å². The summed E-state index contributed by atoms with van der Waals surface area (Å²) < 4.78 is 42.5. The van der Waals surface area contributed by atoms with Gasteiger partial charge in [-0.3, -0.25) is 4.98 Å². The number of sulfonamides is 1. The van der Waals surface area contributed by atoms with Crippen molar-refractivity contribution in [1.82, 2.24) is 19.5 Å². The summed E-state index contributed by atoms with van der Waals surface area (Å²) in [5, 5.41) is 3.94. The van der Waals surface area contributed by atoms with E-state index in [1.54, 1.807) is 43.6 Å². The van der Waals surface area contributed by atoms with Crippen molar-refractivity contribution in [2.45, 2.75) is 17.9 Å². The summed E-state index contributed by atoms with van der Waals surface area (Å²) in [4.78, 5) is 3.87. The second-order valence-corrected chi connectivity index (χ2v) is 6.91. The number of nitrogens with zero attached hydrogens (tertiary/aromatic N) is 3. The van der Waals surface area contributed by atoms with E-state index in [4.69, 9.17) is 0 Å². The molecule has 3 rings (SSSR count). The van der Waals surface area contributed by atoms with Crippen LogP contribution < -0.4 is 4.72 Å². The van der Waals surface area contributed by atoms with Crippen molar-refractivity contribution in [2.24, 2.45) is 0 Å². The maximum absolute atomic E-state index is 13.8. The minimum absolute atomic E-state index is 0.0355. The Balaban J connectivity index is 1.85. The number of rotatable bonds is 5. The van der Waals surface area contributed by atoms with E-state index in [2.05, 4.69) is 14.8 Å². The minimum Gasteiger partial charge on any atom is -0.265 e. The van der Waals surface area contributed by atoms with Gasteiger partial charge in [-0.1, -0.05) is 12.1 Å². The van der Waals surface area contributed by atoms with Gasteiger partial charge in [-0.05, 0) is 36.8 Å². The van der Waals surface area contributed by atoms with Crippen molar-refractivity contribution in [3.05, 3.63) is 72.6 Å². The average Bonchev–Trinajstić information content (AvgIpc) is 3.06. The highest BCUT2D eigenvalue weighted by Gasteiger charge is 2.21. The number of para-hydroxylation sites is 1. The van der Waals surface area contributed by atoms with Gasteiger partial charge in [-0.25, -0.2) is 22.2 Å². The summed E-state index contributed by atoms with van der Waals surface area (Å²) in [7, 11) is -3.78. The van der Waals surface area contributed by atoms with Crippen LogP contribution in [0.25, 0.3) is 5.69 Å². The molecular formula is C16H15FN4O2S. The molecule has 0 unspecified atom stereocenters. The van der Waals surface area contributed by atoms with Crippen LogP contribution >= 0.6 is 0 Å². The van der Waals surface area contributed by atoms with Gasteiger partial charge in [0, 0.05) is 18.4 Å². The molecule has 0 radical (unpaired) electrons. The van der Waals surface area contributed by atoms with Gasteiger partial charge in [0.05, 0.1) is 12.4 Å². The summed E-state index contributed by atoms with van der Waals surface area (Å²) in [6.07, 6.45) is 5.65. The standard InChI is InChI=1S/C16H15FN4O2S/c1-12(13-6-8-18-9-7-13)20-24(22,23)14-10-19-21(11-14)16-5-3-2-4-15(16)17/h2-12,20H,1H3/t12-/m1/s1. The molecule has 1 atom stereocenters. The van der Waals surface area contributed by atoms with Crippen molar-refractivity contribution in [3.63, 3.8) is 0 Å². The highest BCUT2D eigenvalue weighted by molar-refractivity contribution is 7.89. The Morgan fingerprint density at radius 2 is 1.88 bits per heavy atom. The monoisotopic (exact) mass is 346 g/mol. The molecule has 0 spiro atoms. The molecule has 24 heavy (non-hydrogen) atoms. The molecule has 124 valence electrons. The maximum Gasteiger partial charge on any atom is 0.244 e. The molecule has 0 aliphatic rings. The molecule has 0 aliphatic carbocycles. The zero-order valence-corrected chi connectivity index (χ0v) is 13.6. The van der Waals surface area contributed by atoms with Crippen LogP contribution in [0.1, 0.15) is 18.5 Å². The van der Waals surface area contributed by atoms with Crippen LogP contribution in [0.4, 0.5) is 4.39 Å². The molecule has 0 amide bonds. The van der Waals surface area contributed by atoms with Crippen LogP contribution in [0.2, 0.25) is 0 Å². The maximum atomic E-state index is 13.8. The summed E-state index contributed by atoms with van der Waals surface area (Å²) in [5.41, 5.74) is 0.969. The quantitative estimate of drug-likeness (QED) is 0.770. The number of benzene rings is 1. The molecule has 2 aromatic heterocycles. The van der Waals surface area contributed by atoms with Gasteiger partial charge in [0.2, 0.25) is 10.0 Å². The van der Waals surface area contributed by atoms with Gasteiger partial charge in [-0.15, -0.1) is 0 Å². The molecule has 1 N–H and O–H groups in total. The number of aromatic nitrogens is 3. The van der Waals surface area contributed by atoms with Crippen molar-refractivity contribution in [3.8, 4) is 5.69 Å². The van der Waals surface area contributed by atoms with Crippen LogP contribution in [0.3, 0.4) is 0 Å². The molecule has 0 saturated carbocycles. The predicted molar refractivity (Wildman–Crippen MR) is 86.5 cm³/mol. The van der Waals surface area contributed by atoms with Crippen LogP contribution in [-0.2, 0) is 10.0 Å². The molecular weight excluding hydrogens is 331 g/mol. The second-order valence-electron chi connectivity index (χ2n) is 5.20. The Kier molecular flexibility index (Phi) is 4.41. The average molecular weight is 346 g/mol. The smallest absolute Gasteiger partial charge is 0.244 e. The predicted octanol–water partition coefficient (Wildman–Crippen LogP) is 2.45. The highest BCUT2D eigenvalue weighted by atomic mass is 32.2. The normalized spacial score (nSPS) is 12.9. The van der Waals surface area contributed by atoms with Gasteiger partial charge < -0.3 is 0 Å². The Bertz CT molecular complexity index is 941. The lowest BCUT2D eigenvalue weighted by molar-refractivity contribution is 0.566. The third kappa shape index (κ3) is 3.34. The lowest BCUT2D eigenvalue weighted by atomic mass is 10.1. The van der Waals surface area contributed by atoms with Crippen molar-refractivity contribution < 1.29 is 12.8 Å². The van der Waals surface area contributed by atoms with E-state index < -0.39 is 21.9 Å². The van der Waals surface area contributed by atoms with Gasteiger partial charge in [0.1, 0.15) is 16.4 Å². The highest BCUT2D eigenvalue weighted by Crippen LogP contribution is 2.18. The van der Waals surface area contributed by atoms with Crippen LogP contribution in [0.5, 0.6) is 0 Å². The number of pyridine rings is 1. The van der Waals surface area contributed by atoms with E-state index >= 15 is 0 Å². The van der Waals surface area contributed by atoms with E-state index in [1.165, 1.54) is 29.2 Å². The van der Waals surface area contributed by atoms with Crippen molar-refractivity contribution >= 4 is 10.0 Å². The molecule has 0 saturated heterocycles. The van der Waals surface area contributed by atoms with E-state index in [-0.39, 0.29) is 10.6 Å². The summed E-state index contributed by atoms with van der Waals surface area (Å²) in [6.45, 7) is 1.73. The number of halogens is 1. The zero-order chi connectivity index (χ0) is 17.2. The Morgan fingerprint density at radius 1 is 1.17 bits per heavy atom.